The summed E-state index contributed by atoms with van der Waals surface area (Å²) in [4.78, 5) is 0. The maximum absolute atomic E-state index is 12.7. The first-order valence-corrected chi connectivity index (χ1v) is 5.25. The molecule has 1 aromatic carbocycles. The van der Waals surface area contributed by atoms with E-state index < -0.39 is 17.8 Å². The maximum Gasteiger partial charge on any atom is 0.416 e. The van der Waals surface area contributed by atoms with Gasteiger partial charge in [-0.3, -0.25) is 0 Å². The Kier molecular flexibility index (Phi) is 2.70. The van der Waals surface area contributed by atoms with Crippen molar-refractivity contribution in [2.75, 3.05) is 0 Å². The summed E-state index contributed by atoms with van der Waals surface area (Å²) >= 11 is 0. The molecular formula is C12H13F3O. The standard InChI is InChI=1S/C12H13F3O/c1-7(16)9-6-10(9)8-4-2-3-5-11(8)12(13,14)15/h2-5,7,9-10,16H,6H2,1H3. The van der Waals surface area contributed by atoms with Gasteiger partial charge in [0.15, 0.2) is 0 Å². The van der Waals surface area contributed by atoms with Gasteiger partial charge in [-0.15, -0.1) is 0 Å². The lowest BCUT2D eigenvalue weighted by Crippen LogP contribution is -2.10. The number of rotatable bonds is 2. The predicted molar refractivity (Wildman–Crippen MR) is 54.0 cm³/mol. The molecule has 4 heteroatoms. The largest absolute Gasteiger partial charge is 0.416 e. The highest BCUT2D eigenvalue weighted by Gasteiger charge is 2.45. The molecule has 1 fully saturated rings. The van der Waals surface area contributed by atoms with E-state index in [-0.39, 0.29) is 11.8 Å². The number of benzene rings is 1. The molecule has 16 heavy (non-hydrogen) atoms. The van der Waals surface area contributed by atoms with E-state index in [9.17, 15) is 18.3 Å². The Morgan fingerprint density at radius 3 is 2.44 bits per heavy atom. The minimum Gasteiger partial charge on any atom is -0.393 e. The van der Waals surface area contributed by atoms with Crippen LogP contribution in [0.25, 0.3) is 0 Å². The van der Waals surface area contributed by atoms with E-state index in [4.69, 9.17) is 0 Å². The van der Waals surface area contributed by atoms with Gasteiger partial charge in [-0.25, -0.2) is 0 Å². The molecule has 0 aliphatic heterocycles. The SMILES string of the molecule is CC(O)C1CC1c1ccccc1C(F)(F)F. The predicted octanol–water partition coefficient (Wildman–Crippen LogP) is 3.19. The number of hydrogen-bond acceptors (Lipinski definition) is 1. The molecule has 0 radical (unpaired) electrons. The highest BCUT2D eigenvalue weighted by atomic mass is 19.4. The van der Waals surface area contributed by atoms with E-state index in [1.165, 1.54) is 12.1 Å². The van der Waals surface area contributed by atoms with Gasteiger partial charge in [0.2, 0.25) is 0 Å². The van der Waals surface area contributed by atoms with E-state index in [0.717, 1.165) is 6.07 Å². The Morgan fingerprint density at radius 2 is 1.94 bits per heavy atom. The fraction of sp³-hybridized carbons (Fsp3) is 0.500. The van der Waals surface area contributed by atoms with Crippen LogP contribution < -0.4 is 0 Å². The third-order valence-corrected chi connectivity index (χ3v) is 3.13. The van der Waals surface area contributed by atoms with Gasteiger partial charge in [0.25, 0.3) is 0 Å². The van der Waals surface area contributed by atoms with E-state index in [1.807, 2.05) is 0 Å². The van der Waals surface area contributed by atoms with Gasteiger partial charge in [0.05, 0.1) is 11.7 Å². The third-order valence-electron chi connectivity index (χ3n) is 3.13. The van der Waals surface area contributed by atoms with E-state index in [0.29, 0.717) is 12.0 Å². The Morgan fingerprint density at radius 1 is 1.31 bits per heavy atom. The molecule has 0 spiro atoms. The van der Waals surface area contributed by atoms with Crippen molar-refractivity contribution in [3.8, 4) is 0 Å². The van der Waals surface area contributed by atoms with Crippen LogP contribution in [0.4, 0.5) is 13.2 Å². The van der Waals surface area contributed by atoms with E-state index >= 15 is 0 Å². The van der Waals surface area contributed by atoms with Crippen molar-refractivity contribution in [3.05, 3.63) is 35.4 Å². The molecule has 1 nitrogen and oxygen atoms in total. The molecule has 2 rings (SSSR count). The first-order chi connectivity index (χ1) is 7.41. The average molecular weight is 230 g/mol. The molecule has 0 amide bonds. The zero-order valence-corrected chi connectivity index (χ0v) is 8.83. The molecule has 3 atom stereocenters. The lowest BCUT2D eigenvalue weighted by molar-refractivity contribution is -0.138. The van der Waals surface area contributed by atoms with Crippen molar-refractivity contribution < 1.29 is 18.3 Å². The van der Waals surface area contributed by atoms with Gasteiger partial charge in [-0.05, 0) is 36.8 Å². The second-order valence-corrected chi connectivity index (χ2v) is 4.33. The van der Waals surface area contributed by atoms with Crippen LogP contribution in [0.15, 0.2) is 24.3 Å². The Bertz CT molecular complexity index is 384. The number of aliphatic hydroxyl groups excluding tert-OH is 1. The zero-order valence-electron chi connectivity index (χ0n) is 8.83. The molecule has 3 unspecified atom stereocenters. The monoisotopic (exact) mass is 230 g/mol. The molecular weight excluding hydrogens is 217 g/mol. The summed E-state index contributed by atoms with van der Waals surface area (Å²) in [5.41, 5.74) is -0.246. The van der Waals surface area contributed by atoms with Gasteiger partial charge in [-0.1, -0.05) is 18.2 Å². The fourth-order valence-corrected chi connectivity index (χ4v) is 2.18. The van der Waals surface area contributed by atoms with Crippen LogP contribution in [0, 0.1) is 5.92 Å². The Labute approximate surface area is 91.9 Å². The number of halogens is 3. The van der Waals surface area contributed by atoms with Gasteiger partial charge in [0, 0.05) is 0 Å². The lowest BCUT2D eigenvalue weighted by Gasteiger charge is -2.12. The van der Waals surface area contributed by atoms with Crippen molar-refractivity contribution in [1.29, 1.82) is 0 Å². The first-order valence-electron chi connectivity index (χ1n) is 5.25. The molecule has 1 aliphatic rings. The van der Waals surface area contributed by atoms with Crippen LogP contribution in [0.5, 0.6) is 0 Å². The van der Waals surface area contributed by atoms with Crippen LogP contribution in [0.3, 0.4) is 0 Å². The Hall–Kier alpha value is -1.03. The maximum atomic E-state index is 12.7. The molecule has 88 valence electrons. The minimum absolute atomic E-state index is 0.0245. The van der Waals surface area contributed by atoms with Gasteiger partial charge >= 0.3 is 6.18 Å². The highest BCUT2D eigenvalue weighted by molar-refractivity contribution is 5.36. The van der Waals surface area contributed by atoms with Crippen LogP contribution in [-0.2, 0) is 6.18 Å². The number of aliphatic hydroxyl groups is 1. The molecule has 0 heterocycles. The van der Waals surface area contributed by atoms with Gasteiger partial charge < -0.3 is 5.11 Å². The number of hydrogen-bond donors (Lipinski definition) is 1. The average Bonchev–Trinajstić information content (AvgIpc) is 2.95. The summed E-state index contributed by atoms with van der Waals surface area (Å²) < 4.78 is 38.1. The summed E-state index contributed by atoms with van der Waals surface area (Å²) in [5.74, 6) is -0.165. The summed E-state index contributed by atoms with van der Waals surface area (Å²) in [5, 5.41) is 9.34. The summed E-state index contributed by atoms with van der Waals surface area (Å²) in [6.07, 6.45) is -4.20. The Balaban J connectivity index is 2.29. The molecule has 0 bridgehead atoms. The number of alkyl halides is 3. The quantitative estimate of drug-likeness (QED) is 0.827. The summed E-state index contributed by atoms with van der Waals surface area (Å²) in [7, 11) is 0. The minimum atomic E-state index is -4.30. The van der Waals surface area contributed by atoms with Crippen molar-refractivity contribution in [2.45, 2.75) is 31.5 Å². The smallest absolute Gasteiger partial charge is 0.393 e. The second kappa shape index (κ2) is 3.77. The normalized spacial score (nSPS) is 26.6. The van der Waals surface area contributed by atoms with Crippen molar-refractivity contribution >= 4 is 0 Å². The molecule has 1 N–H and O–H groups in total. The van der Waals surface area contributed by atoms with E-state index in [1.54, 1.807) is 13.0 Å². The van der Waals surface area contributed by atoms with Gasteiger partial charge in [-0.2, -0.15) is 13.2 Å². The highest BCUT2D eigenvalue weighted by Crippen LogP contribution is 2.52. The van der Waals surface area contributed by atoms with Crippen LogP contribution in [0.1, 0.15) is 30.4 Å². The molecule has 0 aromatic heterocycles. The fourth-order valence-electron chi connectivity index (χ4n) is 2.18. The summed E-state index contributed by atoms with van der Waals surface area (Å²) in [6, 6.07) is 5.62. The van der Waals surface area contributed by atoms with Crippen molar-refractivity contribution in [1.82, 2.24) is 0 Å². The topological polar surface area (TPSA) is 20.2 Å². The first kappa shape index (κ1) is 11.5. The van der Waals surface area contributed by atoms with E-state index in [2.05, 4.69) is 0 Å². The van der Waals surface area contributed by atoms with Crippen molar-refractivity contribution in [3.63, 3.8) is 0 Å². The lowest BCUT2D eigenvalue weighted by atomic mass is 10.0. The van der Waals surface area contributed by atoms with Crippen LogP contribution >= 0.6 is 0 Å². The molecule has 0 saturated heterocycles. The van der Waals surface area contributed by atoms with Crippen molar-refractivity contribution in [2.24, 2.45) is 5.92 Å². The molecule has 1 aliphatic carbocycles. The summed E-state index contributed by atoms with van der Waals surface area (Å²) in [6.45, 7) is 1.63. The van der Waals surface area contributed by atoms with Gasteiger partial charge in [0.1, 0.15) is 0 Å². The zero-order chi connectivity index (χ0) is 11.9. The van der Waals surface area contributed by atoms with Crippen LogP contribution in [-0.4, -0.2) is 11.2 Å². The second-order valence-electron chi connectivity index (χ2n) is 4.33. The molecule has 1 aromatic rings. The molecule has 1 saturated carbocycles. The van der Waals surface area contributed by atoms with Crippen LogP contribution in [0.2, 0.25) is 0 Å². The third kappa shape index (κ3) is 2.07.